The monoisotopic (exact) mass is 341 g/mol. The van der Waals surface area contributed by atoms with Gasteiger partial charge in [0.05, 0.1) is 12.6 Å². The van der Waals surface area contributed by atoms with Gasteiger partial charge in [-0.15, -0.1) is 0 Å². The molecule has 0 fully saturated rings. The van der Waals surface area contributed by atoms with Gasteiger partial charge in [0, 0.05) is 10.2 Å². The fraction of sp³-hybridized carbons (Fsp3) is 0.429. The minimum absolute atomic E-state index is 0.0776. The van der Waals surface area contributed by atoms with Crippen molar-refractivity contribution in [2.75, 3.05) is 11.9 Å². The van der Waals surface area contributed by atoms with E-state index in [0.29, 0.717) is 6.42 Å². The third-order valence-corrected chi connectivity index (χ3v) is 3.32. The molecule has 1 aromatic rings. The number of carbonyl (C=O) groups is 2. The van der Waals surface area contributed by atoms with E-state index in [2.05, 4.69) is 26.6 Å². The van der Waals surface area contributed by atoms with E-state index in [9.17, 15) is 9.59 Å². The zero-order chi connectivity index (χ0) is 15.1. The predicted molar refractivity (Wildman–Crippen MR) is 83.4 cm³/mol. The quantitative estimate of drug-likeness (QED) is 0.739. The molecule has 1 rings (SSSR count). The first-order valence-electron chi connectivity index (χ1n) is 6.53. The molecule has 0 radical (unpaired) electrons. The van der Waals surface area contributed by atoms with Crippen LogP contribution in [0.15, 0.2) is 22.7 Å². The van der Waals surface area contributed by atoms with E-state index < -0.39 is 6.04 Å². The van der Waals surface area contributed by atoms with E-state index >= 15 is 0 Å². The van der Waals surface area contributed by atoms with Crippen molar-refractivity contribution in [3.8, 4) is 0 Å². The average Bonchev–Trinajstić information content (AvgIpc) is 2.39. The van der Waals surface area contributed by atoms with Gasteiger partial charge in [-0.25, -0.2) is 0 Å². The third kappa shape index (κ3) is 5.30. The number of aryl methyl sites for hydroxylation is 1. The van der Waals surface area contributed by atoms with Gasteiger partial charge < -0.3 is 16.4 Å². The number of anilines is 1. The van der Waals surface area contributed by atoms with Crippen molar-refractivity contribution in [1.82, 2.24) is 5.32 Å². The first-order valence-corrected chi connectivity index (χ1v) is 7.32. The van der Waals surface area contributed by atoms with E-state index in [0.717, 1.165) is 22.1 Å². The number of hydrogen-bond donors (Lipinski definition) is 3. The average molecular weight is 342 g/mol. The summed E-state index contributed by atoms with van der Waals surface area (Å²) in [5, 5.41) is 5.28. The molecule has 5 nitrogen and oxygen atoms in total. The van der Waals surface area contributed by atoms with Crippen LogP contribution in [0.2, 0.25) is 0 Å². The lowest BCUT2D eigenvalue weighted by atomic mass is 10.1. The molecule has 6 heteroatoms. The number of nitrogens with one attached hydrogen (secondary N) is 2. The Balaban J connectivity index is 2.46. The van der Waals surface area contributed by atoms with E-state index in [-0.39, 0.29) is 18.4 Å². The highest BCUT2D eigenvalue weighted by Gasteiger charge is 2.13. The van der Waals surface area contributed by atoms with Gasteiger partial charge >= 0.3 is 0 Å². The van der Waals surface area contributed by atoms with E-state index in [1.807, 2.05) is 32.0 Å². The first kappa shape index (κ1) is 16.7. The maximum atomic E-state index is 11.8. The Labute approximate surface area is 127 Å². The van der Waals surface area contributed by atoms with Crippen LogP contribution in [0.25, 0.3) is 0 Å². The Morgan fingerprint density at radius 2 is 2.10 bits per heavy atom. The standard InChI is InChI=1S/C14H20BrN3O2/c1-3-4-11(16)14(20)17-8-13(19)18-12-6-5-10(15)7-9(12)2/h5-7,11H,3-4,8,16H2,1-2H3,(H,17,20)(H,18,19). The Morgan fingerprint density at radius 3 is 2.70 bits per heavy atom. The molecule has 0 saturated carbocycles. The molecule has 1 aromatic carbocycles. The second kappa shape index (κ2) is 8.01. The first-order chi connectivity index (χ1) is 9.43. The molecule has 0 aromatic heterocycles. The van der Waals surface area contributed by atoms with Crippen LogP contribution in [0, 0.1) is 6.92 Å². The van der Waals surface area contributed by atoms with Crippen LogP contribution in [0.1, 0.15) is 25.3 Å². The minimum atomic E-state index is -0.554. The molecule has 0 bridgehead atoms. The Morgan fingerprint density at radius 1 is 1.40 bits per heavy atom. The summed E-state index contributed by atoms with van der Waals surface area (Å²) in [5.41, 5.74) is 7.33. The highest BCUT2D eigenvalue weighted by atomic mass is 79.9. The topological polar surface area (TPSA) is 84.2 Å². The minimum Gasteiger partial charge on any atom is -0.346 e. The third-order valence-electron chi connectivity index (χ3n) is 2.82. The van der Waals surface area contributed by atoms with Gasteiger partial charge in [-0.1, -0.05) is 29.3 Å². The summed E-state index contributed by atoms with van der Waals surface area (Å²) in [6, 6.07) is 5.01. The Hall–Kier alpha value is -1.40. The molecular formula is C14H20BrN3O2. The number of amides is 2. The zero-order valence-electron chi connectivity index (χ0n) is 11.7. The normalized spacial score (nSPS) is 11.8. The number of halogens is 1. The lowest BCUT2D eigenvalue weighted by Crippen LogP contribution is -2.43. The van der Waals surface area contributed by atoms with Gasteiger partial charge in [0.2, 0.25) is 11.8 Å². The van der Waals surface area contributed by atoms with Gasteiger partial charge in [0.25, 0.3) is 0 Å². The second-order valence-corrected chi connectivity index (χ2v) is 5.54. The summed E-state index contributed by atoms with van der Waals surface area (Å²) < 4.78 is 0.951. The number of nitrogens with two attached hydrogens (primary N) is 1. The lowest BCUT2D eigenvalue weighted by molar-refractivity contribution is -0.125. The van der Waals surface area contributed by atoms with Crippen molar-refractivity contribution < 1.29 is 9.59 Å². The molecule has 1 atom stereocenters. The van der Waals surface area contributed by atoms with Crippen molar-refractivity contribution >= 4 is 33.4 Å². The highest BCUT2D eigenvalue weighted by Crippen LogP contribution is 2.19. The molecule has 2 amide bonds. The number of hydrogen-bond acceptors (Lipinski definition) is 3. The smallest absolute Gasteiger partial charge is 0.243 e. The maximum Gasteiger partial charge on any atom is 0.243 e. The fourth-order valence-corrected chi connectivity index (χ4v) is 2.18. The van der Waals surface area contributed by atoms with Crippen LogP contribution < -0.4 is 16.4 Å². The van der Waals surface area contributed by atoms with E-state index in [1.54, 1.807) is 0 Å². The van der Waals surface area contributed by atoms with Crippen molar-refractivity contribution in [2.45, 2.75) is 32.7 Å². The molecule has 110 valence electrons. The molecule has 20 heavy (non-hydrogen) atoms. The molecule has 0 aliphatic carbocycles. The molecule has 0 aliphatic heterocycles. The molecular weight excluding hydrogens is 322 g/mol. The van der Waals surface area contributed by atoms with Crippen LogP contribution in [-0.4, -0.2) is 24.4 Å². The maximum absolute atomic E-state index is 11.8. The van der Waals surface area contributed by atoms with Crippen LogP contribution in [0.5, 0.6) is 0 Å². The summed E-state index contributed by atoms with van der Waals surface area (Å²) in [6.45, 7) is 3.78. The summed E-state index contributed by atoms with van der Waals surface area (Å²) in [4.78, 5) is 23.3. The van der Waals surface area contributed by atoms with Crippen LogP contribution in [-0.2, 0) is 9.59 Å². The van der Waals surface area contributed by atoms with Crippen molar-refractivity contribution in [1.29, 1.82) is 0 Å². The van der Waals surface area contributed by atoms with Crippen LogP contribution in [0.4, 0.5) is 5.69 Å². The van der Waals surface area contributed by atoms with Crippen LogP contribution >= 0.6 is 15.9 Å². The predicted octanol–water partition coefficient (Wildman–Crippen LogP) is 1.94. The molecule has 0 heterocycles. The molecule has 0 saturated heterocycles. The molecule has 0 aliphatic rings. The summed E-state index contributed by atoms with van der Waals surface area (Å²) in [7, 11) is 0. The van der Waals surface area contributed by atoms with Gasteiger partial charge in [-0.3, -0.25) is 9.59 Å². The fourth-order valence-electron chi connectivity index (χ4n) is 1.70. The summed E-state index contributed by atoms with van der Waals surface area (Å²) in [6.07, 6.45) is 1.44. The molecule has 4 N–H and O–H groups in total. The van der Waals surface area contributed by atoms with Crippen LogP contribution in [0.3, 0.4) is 0 Å². The zero-order valence-corrected chi connectivity index (χ0v) is 13.3. The second-order valence-electron chi connectivity index (χ2n) is 4.62. The van der Waals surface area contributed by atoms with Crippen molar-refractivity contribution in [2.24, 2.45) is 5.73 Å². The van der Waals surface area contributed by atoms with Gasteiger partial charge in [-0.2, -0.15) is 0 Å². The Kier molecular flexibility index (Phi) is 6.67. The highest BCUT2D eigenvalue weighted by molar-refractivity contribution is 9.10. The van der Waals surface area contributed by atoms with Gasteiger partial charge in [-0.05, 0) is 37.1 Å². The largest absolute Gasteiger partial charge is 0.346 e. The molecule has 0 spiro atoms. The number of benzene rings is 1. The summed E-state index contributed by atoms with van der Waals surface area (Å²) in [5.74, 6) is -0.568. The van der Waals surface area contributed by atoms with Crippen molar-refractivity contribution in [3.05, 3.63) is 28.2 Å². The SMILES string of the molecule is CCCC(N)C(=O)NCC(=O)Nc1ccc(Br)cc1C. The lowest BCUT2D eigenvalue weighted by Gasteiger charge is -2.12. The van der Waals surface area contributed by atoms with Crippen molar-refractivity contribution in [3.63, 3.8) is 0 Å². The number of rotatable bonds is 6. The van der Waals surface area contributed by atoms with E-state index in [1.165, 1.54) is 0 Å². The summed E-state index contributed by atoms with van der Waals surface area (Å²) >= 11 is 3.36. The van der Waals surface area contributed by atoms with Gasteiger partial charge in [0.1, 0.15) is 0 Å². The number of carbonyl (C=O) groups excluding carboxylic acids is 2. The Bertz CT molecular complexity index is 491. The van der Waals surface area contributed by atoms with Gasteiger partial charge in [0.15, 0.2) is 0 Å². The van der Waals surface area contributed by atoms with E-state index in [4.69, 9.17) is 5.73 Å². The molecule has 1 unspecified atom stereocenters.